The average Bonchev–Trinajstić information content (AvgIpc) is 2.69. The molecule has 3 nitrogen and oxygen atoms in total. The van der Waals surface area contributed by atoms with E-state index in [0.717, 1.165) is 26.1 Å². The Bertz CT molecular complexity index is 214. The van der Waals surface area contributed by atoms with Gasteiger partial charge in [0.1, 0.15) is 0 Å². The van der Waals surface area contributed by atoms with Crippen LogP contribution in [0.3, 0.4) is 0 Å². The molecule has 16 heavy (non-hydrogen) atoms. The number of rotatable bonds is 7. The summed E-state index contributed by atoms with van der Waals surface area (Å²) in [7, 11) is 0. The summed E-state index contributed by atoms with van der Waals surface area (Å²) in [5.74, 6) is 0.712. The van der Waals surface area contributed by atoms with E-state index >= 15 is 0 Å². The van der Waals surface area contributed by atoms with Gasteiger partial charge in [0.2, 0.25) is 0 Å². The van der Waals surface area contributed by atoms with Gasteiger partial charge in [-0.05, 0) is 38.3 Å². The number of hydrogen-bond donors (Lipinski definition) is 1. The monoisotopic (exact) mass is 223 g/mol. The average molecular weight is 223 g/mol. The molecule has 3 heteroatoms. The first-order valence-corrected chi connectivity index (χ1v) is 6.55. The van der Waals surface area contributed by atoms with E-state index in [9.17, 15) is 0 Å². The third kappa shape index (κ3) is 5.48. The van der Waals surface area contributed by atoms with Crippen LogP contribution < -0.4 is 5.32 Å². The van der Waals surface area contributed by atoms with E-state index in [-0.39, 0.29) is 0 Å². The third-order valence-electron chi connectivity index (χ3n) is 3.03. The third-order valence-corrected chi connectivity index (χ3v) is 3.03. The highest BCUT2D eigenvalue weighted by molar-refractivity contribution is 4.79. The second-order valence-corrected chi connectivity index (χ2v) is 5.21. The Labute approximate surface area is 99.8 Å². The predicted octanol–water partition coefficient (Wildman–Crippen LogP) is 2.00. The van der Waals surface area contributed by atoms with Crippen molar-refractivity contribution < 1.29 is 0 Å². The fraction of sp³-hybridized carbons (Fsp3) is 0.923. The summed E-state index contributed by atoms with van der Waals surface area (Å²) in [4.78, 5) is 2.52. The normalized spacial score (nSPS) is 20.6. The van der Waals surface area contributed by atoms with Gasteiger partial charge in [0.15, 0.2) is 0 Å². The lowest BCUT2D eigenvalue weighted by atomic mass is 10.1. The summed E-state index contributed by atoms with van der Waals surface area (Å²) < 4.78 is 0. The minimum atomic E-state index is 0.681. The molecule has 1 atom stereocenters. The fourth-order valence-corrected chi connectivity index (χ4v) is 2.38. The molecule has 0 aromatic heterocycles. The maximum atomic E-state index is 8.56. The Morgan fingerprint density at radius 2 is 2.31 bits per heavy atom. The van der Waals surface area contributed by atoms with Crippen molar-refractivity contribution in [1.82, 2.24) is 10.2 Å². The van der Waals surface area contributed by atoms with Gasteiger partial charge in [0, 0.05) is 25.6 Å². The lowest BCUT2D eigenvalue weighted by Gasteiger charge is -2.27. The van der Waals surface area contributed by atoms with Crippen molar-refractivity contribution in [2.75, 3.05) is 26.2 Å². The molecule has 1 N–H and O–H groups in total. The Kier molecular flexibility index (Phi) is 6.44. The number of hydrogen-bond acceptors (Lipinski definition) is 3. The van der Waals surface area contributed by atoms with Gasteiger partial charge >= 0.3 is 0 Å². The molecule has 0 aromatic carbocycles. The quantitative estimate of drug-likeness (QED) is 0.671. The first-order valence-electron chi connectivity index (χ1n) is 6.55. The molecule has 1 rings (SSSR count). The summed E-state index contributed by atoms with van der Waals surface area (Å²) in [5, 5.41) is 12.1. The van der Waals surface area contributed by atoms with Crippen molar-refractivity contribution in [2.45, 2.75) is 45.6 Å². The van der Waals surface area contributed by atoms with Gasteiger partial charge in [-0.3, -0.25) is 0 Å². The lowest BCUT2D eigenvalue weighted by molar-refractivity contribution is 0.222. The van der Waals surface area contributed by atoms with Crippen LogP contribution in [0.2, 0.25) is 0 Å². The second kappa shape index (κ2) is 7.65. The molecule has 0 spiro atoms. The smallest absolute Gasteiger partial charge is 0.0622 e. The molecular weight excluding hydrogens is 198 g/mol. The van der Waals surface area contributed by atoms with Crippen molar-refractivity contribution in [3.8, 4) is 6.07 Å². The largest absolute Gasteiger partial charge is 0.313 e. The van der Waals surface area contributed by atoms with Gasteiger partial charge in [-0.25, -0.2) is 0 Å². The van der Waals surface area contributed by atoms with E-state index in [0.29, 0.717) is 18.4 Å². The minimum Gasteiger partial charge on any atom is -0.313 e. The van der Waals surface area contributed by atoms with E-state index in [1.165, 1.54) is 19.4 Å². The van der Waals surface area contributed by atoms with Crippen LogP contribution in [0.25, 0.3) is 0 Å². The molecule has 0 aliphatic carbocycles. The van der Waals surface area contributed by atoms with E-state index in [1.54, 1.807) is 0 Å². The number of nitrogens with one attached hydrogen (secondary N) is 1. The second-order valence-electron chi connectivity index (χ2n) is 5.21. The molecule has 1 aliphatic heterocycles. The molecule has 0 bridgehead atoms. The van der Waals surface area contributed by atoms with Crippen molar-refractivity contribution in [1.29, 1.82) is 5.26 Å². The highest BCUT2D eigenvalue weighted by Gasteiger charge is 2.17. The number of nitrogens with zero attached hydrogens (tertiary/aromatic N) is 2. The molecule has 1 fully saturated rings. The predicted molar refractivity (Wildman–Crippen MR) is 67.1 cm³/mol. The van der Waals surface area contributed by atoms with E-state index in [2.05, 4.69) is 30.1 Å². The Balaban J connectivity index is 2.27. The Morgan fingerprint density at radius 3 is 2.88 bits per heavy atom. The maximum Gasteiger partial charge on any atom is 0.0622 e. The number of nitriles is 1. The molecule has 1 aliphatic rings. The van der Waals surface area contributed by atoms with Crippen LogP contribution in [-0.4, -0.2) is 37.1 Å². The minimum absolute atomic E-state index is 0.681. The molecule has 0 saturated carbocycles. The molecule has 1 heterocycles. The van der Waals surface area contributed by atoms with Crippen LogP contribution in [0.4, 0.5) is 0 Å². The van der Waals surface area contributed by atoms with Crippen molar-refractivity contribution in [2.24, 2.45) is 5.92 Å². The maximum absolute atomic E-state index is 8.56. The SMILES string of the molecule is CC(C)CN(CCCC#N)CC1CCCN1. The molecule has 0 amide bonds. The molecule has 0 aromatic rings. The van der Waals surface area contributed by atoms with Crippen LogP contribution in [0, 0.1) is 17.2 Å². The van der Waals surface area contributed by atoms with Gasteiger partial charge in [-0.1, -0.05) is 13.8 Å². The highest BCUT2D eigenvalue weighted by Crippen LogP contribution is 2.09. The summed E-state index contributed by atoms with van der Waals surface area (Å²) in [5.41, 5.74) is 0. The van der Waals surface area contributed by atoms with E-state index < -0.39 is 0 Å². The molecule has 1 saturated heterocycles. The molecular formula is C13H25N3. The van der Waals surface area contributed by atoms with Gasteiger partial charge in [-0.15, -0.1) is 0 Å². The van der Waals surface area contributed by atoms with E-state index in [4.69, 9.17) is 5.26 Å². The van der Waals surface area contributed by atoms with Crippen molar-refractivity contribution in [3.63, 3.8) is 0 Å². The molecule has 0 radical (unpaired) electrons. The van der Waals surface area contributed by atoms with Gasteiger partial charge in [0.25, 0.3) is 0 Å². The molecule has 92 valence electrons. The zero-order chi connectivity index (χ0) is 11.8. The topological polar surface area (TPSA) is 39.1 Å². The first kappa shape index (κ1) is 13.5. The Hall–Kier alpha value is -0.590. The van der Waals surface area contributed by atoms with Crippen LogP contribution in [0.1, 0.15) is 39.5 Å². The highest BCUT2D eigenvalue weighted by atomic mass is 15.2. The van der Waals surface area contributed by atoms with E-state index in [1.807, 2.05) is 0 Å². The number of unbranched alkanes of at least 4 members (excludes halogenated alkanes) is 1. The van der Waals surface area contributed by atoms with Crippen molar-refractivity contribution >= 4 is 0 Å². The van der Waals surface area contributed by atoms with Gasteiger partial charge in [-0.2, -0.15) is 5.26 Å². The summed E-state index contributed by atoms with van der Waals surface area (Å²) in [6, 6.07) is 2.91. The standard InChI is InChI=1S/C13H25N3/c1-12(2)10-16(9-4-3-7-14)11-13-6-5-8-15-13/h12-13,15H,3-6,8-11H2,1-2H3. The fourth-order valence-electron chi connectivity index (χ4n) is 2.38. The Morgan fingerprint density at radius 1 is 1.50 bits per heavy atom. The summed E-state index contributed by atoms with van der Waals surface area (Å²) >= 11 is 0. The van der Waals surface area contributed by atoms with Crippen LogP contribution in [0.5, 0.6) is 0 Å². The van der Waals surface area contributed by atoms with Gasteiger partial charge in [0.05, 0.1) is 6.07 Å². The van der Waals surface area contributed by atoms with Crippen LogP contribution in [-0.2, 0) is 0 Å². The summed E-state index contributed by atoms with van der Waals surface area (Å²) in [6.07, 6.45) is 4.33. The lowest BCUT2D eigenvalue weighted by Crippen LogP contribution is -2.39. The van der Waals surface area contributed by atoms with Crippen LogP contribution in [0.15, 0.2) is 0 Å². The zero-order valence-corrected chi connectivity index (χ0v) is 10.7. The summed E-state index contributed by atoms with van der Waals surface area (Å²) in [6.45, 7) is 9.09. The zero-order valence-electron chi connectivity index (χ0n) is 10.7. The van der Waals surface area contributed by atoms with Crippen molar-refractivity contribution in [3.05, 3.63) is 0 Å². The van der Waals surface area contributed by atoms with Gasteiger partial charge < -0.3 is 10.2 Å². The first-order chi connectivity index (χ1) is 7.72. The van der Waals surface area contributed by atoms with Crippen LogP contribution >= 0.6 is 0 Å². The molecule has 1 unspecified atom stereocenters.